The Labute approximate surface area is 300 Å². The fourth-order valence-electron chi connectivity index (χ4n) is 7.85. The number of aromatic nitrogens is 2. The van der Waals surface area contributed by atoms with Crippen LogP contribution in [0.2, 0.25) is 0 Å². The Bertz CT molecular complexity index is 2220. The molecule has 11 nitrogen and oxygen atoms in total. The van der Waals surface area contributed by atoms with E-state index in [1.807, 2.05) is 36.4 Å². The Morgan fingerprint density at radius 1 is 1.00 bits per heavy atom. The van der Waals surface area contributed by atoms with Gasteiger partial charge in [0.15, 0.2) is 5.58 Å². The molecule has 3 atom stereocenters. The molecule has 2 aromatic heterocycles. The van der Waals surface area contributed by atoms with Gasteiger partial charge in [0.1, 0.15) is 11.9 Å². The predicted octanol–water partition coefficient (Wildman–Crippen LogP) is 6.79. The molecule has 8 rings (SSSR count). The number of hydrogen-bond acceptors (Lipinski definition) is 9. The third-order valence-corrected chi connectivity index (χ3v) is 10.4. The number of benzene rings is 3. The molecule has 2 N–H and O–H groups in total. The molecule has 1 aliphatic carbocycles. The number of aliphatic hydroxyl groups is 1. The standard InChI is InChI=1S/C40H38FN5O6/c1-42-32-17-23(19-45-16-14-26(47)22-45)18-33-37(32)52-39(43-33)31-8-4-7-30(36(31)41)27-5-3-6-29-28(27)10-11-34(29)51-35-12-9-24(38(44-35)50-2)20-46-15-13-25(21-46)40(48)49/h3-9,12,17-18,25-26,34,47H,10-11,13-16,19-22H2,2H3,(H,48,49)/t25-,26-,34-/m1/s1. The molecule has 0 saturated carbocycles. The van der Waals surface area contributed by atoms with E-state index in [1.165, 1.54) is 0 Å². The van der Waals surface area contributed by atoms with Gasteiger partial charge in [-0.25, -0.2) is 14.2 Å². The van der Waals surface area contributed by atoms with Crippen LogP contribution in [0, 0.1) is 18.3 Å². The number of pyridine rings is 1. The van der Waals surface area contributed by atoms with Crippen molar-refractivity contribution in [1.29, 1.82) is 0 Å². The van der Waals surface area contributed by atoms with E-state index in [9.17, 15) is 15.0 Å². The zero-order valence-electron chi connectivity index (χ0n) is 28.7. The predicted molar refractivity (Wildman–Crippen MR) is 191 cm³/mol. The van der Waals surface area contributed by atoms with E-state index in [-0.39, 0.29) is 29.6 Å². The number of hydrogen-bond donors (Lipinski definition) is 2. The van der Waals surface area contributed by atoms with Crippen molar-refractivity contribution in [3.05, 3.63) is 100 Å². The molecule has 4 heterocycles. The number of ether oxygens (including phenoxy) is 2. The molecule has 3 aliphatic rings. The lowest BCUT2D eigenvalue weighted by Crippen LogP contribution is -2.23. The van der Waals surface area contributed by atoms with E-state index in [4.69, 9.17) is 20.5 Å². The average Bonchev–Trinajstić information content (AvgIpc) is 3.96. The molecular weight excluding hydrogens is 665 g/mol. The number of aliphatic carboxylic acids is 1. The number of carboxylic acid groups (broad SMARTS) is 1. The highest BCUT2D eigenvalue weighted by Gasteiger charge is 2.31. The zero-order chi connectivity index (χ0) is 35.9. The summed E-state index contributed by atoms with van der Waals surface area (Å²) in [5, 5.41) is 19.3. The number of rotatable bonds is 10. The van der Waals surface area contributed by atoms with Gasteiger partial charge in [0, 0.05) is 49.9 Å². The lowest BCUT2D eigenvalue weighted by molar-refractivity contribution is -0.141. The number of oxazole rings is 1. The molecule has 12 heteroatoms. The fraction of sp³-hybridized carbons (Fsp3) is 0.350. The minimum atomic E-state index is -0.767. The Hall–Kier alpha value is -5.35. The number of halogens is 1. The summed E-state index contributed by atoms with van der Waals surface area (Å²) in [5.41, 5.74) is 6.24. The Kier molecular flexibility index (Phi) is 9.09. The first-order chi connectivity index (χ1) is 25.3. The van der Waals surface area contributed by atoms with Crippen LogP contribution >= 0.6 is 0 Å². The Morgan fingerprint density at radius 3 is 2.56 bits per heavy atom. The molecule has 0 radical (unpaired) electrons. The third-order valence-electron chi connectivity index (χ3n) is 10.4. The minimum Gasteiger partial charge on any atom is -0.481 e. The Morgan fingerprint density at radius 2 is 1.79 bits per heavy atom. The van der Waals surface area contributed by atoms with E-state index >= 15 is 4.39 Å². The summed E-state index contributed by atoms with van der Waals surface area (Å²) in [7, 11) is 1.56. The normalized spacial score (nSPS) is 20.3. The molecule has 2 aliphatic heterocycles. The molecular formula is C40H38FN5O6. The smallest absolute Gasteiger partial charge is 0.307 e. The minimum absolute atomic E-state index is 0.108. The van der Waals surface area contributed by atoms with Crippen molar-refractivity contribution in [2.45, 2.75) is 51.0 Å². The summed E-state index contributed by atoms with van der Waals surface area (Å²) < 4.78 is 34.6. The maximum Gasteiger partial charge on any atom is 0.307 e. The third kappa shape index (κ3) is 6.47. The van der Waals surface area contributed by atoms with E-state index in [2.05, 4.69) is 24.6 Å². The fourth-order valence-corrected chi connectivity index (χ4v) is 7.85. The van der Waals surface area contributed by atoms with E-state index in [0.717, 1.165) is 40.8 Å². The van der Waals surface area contributed by atoms with Gasteiger partial charge in [-0.3, -0.25) is 14.6 Å². The van der Waals surface area contributed by atoms with Crippen LogP contribution in [-0.2, 0) is 24.3 Å². The largest absolute Gasteiger partial charge is 0.481 e. The lowest BCUT2D eigenvalue weighted by atomic mass is 9.95. The highest BCUT2D eigenvalue weighted by Crippen LogP contribution is 2.43. The lowest BCUT2D eigenvalue weighted by Gasteiger charge is -2.19. The van der Waals surface area contributed by atoms with Crippen LogP contribution in [-0.4, -0.2) is 75.3 Å². The highest BCUT2D eigenvalue weighted by atomic mass is 19.1. The number of methoxy groups -OCH3 is 1. The van der Waals surface area contributed by atoms with Crippen molar-refractivity contribution in [1.82, 2.24) is 19.8 Å². The van der Waals surface area contributed by atoms with Gasteiger partial charge in [0.2, 0.25) is 23.3 Å². The molecule has 5 aromatic rings. The van der Waals surface area contributed by atoms with E-state index in [0.29, 0.717) is 86.1 Å². The van der Waals surface area contributed by atoms with Crippen LogP contribution in [0.1, 0.15) is 47.6 Å². The second-order valence-corrected chi connectivity index (χ2v) is 13.8. The first kappa shape index (κ1) is 33.8. The van der Waals surface area contributed by atoms with Crippen LogP contribution in [0.4, 0.5) is 10.1 Å². The number of likely N-dealkylation sites (tertiary alicyclic amines) is 2. The second-order valence-electron chi connectivity index (χ2n) is 13.8. The number of fused-ring (bicyclic) bond motifs is 2. The molecule has 0 amide bonds. The van der Waals surface area contributed by atoms with Crippen molar-refractivity contribution in [2.24, 2.45) is 5.92 Å². The molecule has 3 aromatic carbocycles. The molecule has 52 heavy (non-hydrogen) atoms. The van der Waals surface area contributed by atoms with Gasteiger partial charge in [-0.05, 0) is 78.7 Å². The zero-order valence-corrected chi connectivity index (χ0v) is 28.7. The van der Waals surface area contributed by atoms with Crippen molar-refractivity contribution >= 4 is 22.8 Å². The molecule has 266 valence electrons. The van der Waals surface area contributed by atoms with Crippen molar-refractivity contribution < 1.29 is 33.3 Å². The van der Waals surface area contributed by atoms with Crippen LogP contribution < -0.4 is 9.47 Å². The highest BCUT2D eigenvalue weighted by molar-refractivity contribution is 5.89. The summed E-state index contributed by atoms with van der Waals surface area (Å²) in [4.78, 5) is 28.6. The molecule has 2 fully saturated rings. The molecule has 0 unspecified atom stereocenters. The number of aliphatic hydroxyl groups excluding tert-OH is 1. The van der Waals surface area contributed by atoms with Gasteiger partial charge in [-0.15, -0.1) is 0 Å². The van der Waals surface area contributed by atoms with Gasteiger partial charge >= 0.3 is 5.97 Å². The summed E-state index contributed by atoms with van der Waals surface area (Å²) >= 11 is 0. The van der Waals surface area contributed by atoms with Gasteiger partial charge in [-0.2, -0.15) is 4.98 Å². The van der Waals surface area contributed by atoms with Crippen LogP contribution in [0.15, 0.2) is 65.1 Å². The number of carboxylic acids is 1. The van der Waals surface area contributed by atoms with Gasteiger partial charge < -0.3 is 24.1 Å². The van der Waals surface area contributed by atoms with E-state index in [1.54, 1.807) is 31.4 Å². The summed E-state index contributed by atoms with van der Waals surface area (Å²) in [6, 6.07) is 18.4. The van der Waals surface area contributed by atoms with E-state index < -0.39 is 11.8 Å². The number of nitrogens with zero attached hydrogens (tertiary/aromatic N) is 5. The second kappa shape index (κ2) is 14.0. The number of carbonyl (C=O) groups is 1. The first-order valence-electron chi connectivity index (χ1n) is 17.6. The van der Waals surface area contributed by atoms with Gasteiger partial charge in [-0.1, -0.05) is 30.3 Å². The maximum atomic E-state index is 16.5. The number of β-amino-alcohol motifs (C(OH)–C–C–N with tert-alkyl or cyclic N) is 1. The monoisotopic (exact) mass is 703 g/mol. The van der Waals surface area contributed by atoms with Gasteiger partial charge in [0.25, 0.3) is 0 Å². The van der Waals surface area contributed by atoms with Gasteiger partial charge in [0.05, 0.1) is 36.8 Å². The summed E-state index contributed by atoms with van der Waals surface area (Å²) in [6.07, 6.45) is 2.08. The SMILES string of the molecule is [C-]#[N+]c1cc(CN2CC[C@@H](O)C2)cc2nc(-c3cccc(-c4cccc5c4CC[C@H]5Oc4ccc(CN5CC[C@@H](C(=O)O)C5)c(OC)n4)c3F)oc12. The van der Waals surface area contributed by atoms with Crippen molar-refractivity contribution in [3.63, 3.8) is 0 Å². The molecule has 0 spiro atoms. The van der Waals surface area contributed by atoms with Crippen molar-refractivity contribution in [2.75, 3.05) is 33.3 Å². The van der Waals surface area contributed by atoms with Crippen molar-refractivity contribution in [3.8, 4) is 34.3 Å². The quantitative estimate of drug-likeness (QED) is 0.150. The molecule has 0 bridgehead atoms. The Balaban J connectivity index is 1.03. The van der Waals surface area contributed by atoms with Crippen LogP contribution in [0.3, 0.4) is 0 Å². The maximum absolute atomic E-state index is 16.5. The summed E-state index contributed by atoms with van der Waals surface area (Å²) in [5.74, 6) is -0.628. The summed E-state index contributed by atoms with van der Waals surface area (Å²) in [6.45, 7) is 11.4. The molecule has 2 saturated heterocycles. The first-order valence-corrected chi connectivity index (χ1v) is 17.6. The van der Waals surface area contributed by atoms with Crippen LogP contribution in [0.25, 0.3) is 38.5 Å². The van der Waals surface area contributed by atoms with Crippen LogP contribution in [0.5, 0.6) is 11.8 Å². The average molecular weight is 704 g/mol. The topological polar surface area (TPSA) is 126 Å².